The molecule has 1 N–H and O–H groups in total. The topological polar surface area (TPSA) is 40.5 Å². The number of rotatable bonds is 4. The van der Waals surface area contributed by atoms with Crippen molar-refractivity contribution in [2.24, 2.45) is 0 Å². The third kappa shape index (κ3) is 3.80. The fourth-order valence-electron chi connectivity index (χ4n) is 2.68. The number of aliphatic hydroxyl groups excluding tert-OH is 1. The molecule has 0 aromatic heterocycles. The molecule has 2 rings (SSSR count). The van der Waals surface area contributed by atoms with Gasteiger partial charge in [0, 0.05) is 19.5 Å². The van der Waals surface area contributed by atoms with Gasteiger partial charge in [0.25, 0.3) is 0 Å². The van der Waals surface area contributed by atoms with Crippen molar-refractivity contribution in [1.29, 1.82) is 0 Å². The highest BCUT2D eigenvalue weighted by atomic mass is 16.3. The van der Waals surface area contributed by atoms with Crippen molar-refractivity contribution in [3.8, 4) is 0 Å². The molecule has 1 fully saturated rings. The maximum atomic E-state index is 12.3. The van der Waals surface area contributed by atoms with Crippen LogP contribution in [-0.4, -0.2) is 35.1 Å². The maximum Gasteiger partial charge on any atom is 0.223 e. The first-order valence-electron chi connectivity index (χ1n) is 7.21. The highest BCUT2D eigenvalue weighted by molar-refractivity contribution is 5.77. The number of likely N-dealkylation sites (tertiary alicyclic amines) is 1. The largest absolute Gasteiger partial charge is 0.393 e. The summed E-state index contributed by atoms with van der Waals surface area (Å²) in [7, 11) is 0. The van der Waals surface area contributed by atoms with Crippen molar-refractivity contribution >= 4 is 5.91 Å². The average Bonchev–Trinajstić information content (AvgIpc) is 2.46. The van der Waals surface area contributed by atoms with Gasteiger partial charge >= 0.3 is 0 Å². The minimum atomic E-state index is -0.222. The summed E-state index contributed by atoms with van der Waals surface area (Å²) in [4.78, 5) is 14.2. The van der Waals surface area contributed by atoms with Gasteiger partial charge in [-0.05, 0) is 30.7 Å². The Morgan fingerprint density at radius 1 is 1.32 bits per heavy atom. The SMILES string of the molecule is CCC(CC(=O)N1CCC(O)CC1)c1ccccc1. The Morgan fingerprint density at radius 3 is 2.53 bits per heavy atom. The van der Waals surface area contributed by atoms with E-state index in [-0.39, 0.29) is 12.0 Å². The molecule has 104 valence electrons. The van der Waals surface area contributed by atoms with Crippen LogP contribution in [0.25, 0.3) is 0 Å². The molecule has 0 aliphatic carbocycles. The van der Waals surface area contributed by atoms with E-state index in [1.165, 1.54) is 5.56 Å². The lowest BCUT2D eigenvalue weighted by Gasteiger charge is -2.30. The molecule has 1 heterocycles. The smallest absolute Gasteiger partial charge is 0.223 e. The van der Waals surface area contributed by atoms with E-state index < -0.39 is 0 Å². The molecular weight excluding hydrogens is 238 g/mol. The standard InChI is InChI=1S/C16H23NO2/c1-2-13(14-6-4-3-5-7-14)12-16(19)17-10-8-15(18)9-11-17/h3-7,13,15,18H,2,8-12H2,1H3. The van der Waals surface area contributed by atoms with E-state index in [9.17, 15) is 9.90 Å². The zero-order chi connectivity index (χ0) is 13.7. The second-order valence-corrected chi connectivity index (χ2v) is 5.33. The first-order valence-corrected chi connectivity index (χ1v) is 7.21. The lowest BCUT2D eigenvalue weighted by Crippen LogP contribution is -2.40. The molecule has 1 unspecified atom stereocenters. The van der Waals surface area contributed by atoms with E-state index in [1.807, 2.05) is 23.1 Å². The number of carbonyl (C=O) groups is 1. The van der Waals surface area contributed by atoms with Gasteiger partial charge in [0.2, 0.25) is 5.91 Å². The monoisotopic (exact) mass is 261 g/mol. The van der Waals surface area contributed by atoms with Crippen molar-refractivity contribution in [3.63, 3.8) is 0 Å². The molecule has 3 heteroatoms. The predicted octanol–water partition coefficient (Wildman–Crippen LogP) is 2.55. The molecule has 1 aliphatic rings. The van der Waals surface area contributed by atoms with Crippen molar-refractivity contribution in [1.82, 2.24) is 4.90 Å². The van der Waals surface area contributed by atoms with Crippen LogP contribution in [0.4, 0.5) is 0 Å². The molecule has 0 saturated carbocycles. The number of nitrogens with zero attached hydrogens (tertiary/aromatic N) is 1. The third-order valence-electron chi connectivity index (χ3n) is 4.00. The van der Waals surface area contributed by atoms with Gasteiger partial charge in [-0.15, -0.1) is 0 Å². The van der Waals surface area contributed by atoms with Crippen LogP contribution in [0.5, 0.6) is 0 Å². The van der Waals surface area contributed by atoms with Gasteiger partial charge in [0.1, 0.15) is 0 Å². The van der Waals surface area contributed by atoms with E-state index in [2.05, 4.69) is 19.1 Å². The first-order chi connectivity index (χ1) is 9.20. The summed E-state index contributed by atoms with van der Waals surface area (Å²) in [5.41, 5.74) is 1.25. The van der Waals surface area contributed by atoms with Crippen LogP contribution in [0.1, 0.15) is 44.1 Å². The minimum absolute atomic E-state index is 0.222. The summed E-state index contributed by atoms with van der Waals surface area (Å²) in [6, 6.07) is 10.3. The quantitative estimate of drug-likeness (QED) is 0.905. The molecule has 3 nitrogen and oxygen atoms in total. The minimum Gasteiger partial charge on any atom is -0.393 e. The number of aliphatic hydroxyl groups is 1. The fourth-order valence-corrected chi connectivity index (χ4v) is 2.68. The lowest BCUT2D eigenvalue weighted by atomic mass is 9.92. The summed E-state index contributed by atoms with van der Waals surface area (Å²) >= 11 is 0. The highest BCUT2D eigenvalue weighted by Gasteiger charge is 2.23. The summed E-state index contributed by atoms with van der Waals surface area (Å²) < 4.78 is 0. The van der Waals surface area contributed by atoms with Gasteiger partial charge in [0.05, 0.1) is 6.10 Å². The Kier molecular flexibility index (Phi) is 4.97. The van der Waals surface area contributed by atoms with Crippen molar-refractivity contribution in [3.05, 3.63) is 35.9 Å². The highest BCUT2D eigenvalue weighted by Crippen LogP contribution is 2.24. The molecule has 0 radical (unpaired) electrons. The molecule has 1 saturated heterocycles. The van der Waals surface area contributed by atoms with Crippen molar-refractivity contribution in [2.45, 2.75) is 44.6 Å². The van der Waals surface area contributed by atoms with E-state index in [1.54, 1.807) is 0 Å². The second kappa shape index (κ2) is 6.71. The van der Waals surface area contributed by atoms with Crippen LogP contribution >= 0.6 is 0 Å². The number of carbonyl (C=O) groups excluding carboxylic acids is 1. The Bertz CT molecular complexity index is 396. The Balaban J connectivity index is 1.93. The number of benzene rings is 1. The Hall–Kier alpha value is -1.35. The molecule has 19 heavy (non-hydrogen) atoms. The van der Waals surface area contributed by atoms with Gasteiger partial charge < -0.3 is 10.0 Å². The Labute approximate surface area is 115 Å². The lowest BCUT2D eigenvalue weighted by molar-refractivity contribution is -0.133. The van der Waals surface area contributed by atoms with Gasteiger partial charge in [0.15, 0.2) is 0 Å². The van der Waals surface area contributed by atoms with Crippen molar-refractivity contribution < 1.29 is 9.90 Å². The number of hydrogen-bond acceptors (Lipinski definition) is 2. The maximum absolute atomic E-state index is 12.3. The normalized spacial score (nSPS) is 18.3. The van der Waals surface area contributed by atoms with Crippen LogP contribution < -0.4 is 0 Å². The molecule has 0 spiro atoms. The number of piperidine rings is 1. The number of hydrogen-bond donors (Lipinski definition) is 1. The third-order valence-corrected chi connectivity index (χ3v) is 4.00. The van der Waals surface area contributed by atoms with E-state index >= 15 is 0 Å². The van der Waals surface area contributed by atoms with Crippen LogP contribution in [0, 0.1) is 0 Å². The number of amides is 1. The van der Waals surface area contributed by atoms with Gasteiger partial charge in [-0.25, -0.2) is 0 Å². The van der Waals surface area contributed by atoms with E-state index in [0.717, 1.165) is 6.42 Å². The Morgan fingerprint density at radius 2 is 1.95 bits per heavy atom. The van der Waals surface area contributed by atoms with Crippen LogP contribution in [-0.2, 0) is 4.79 Å². The fraction of sp³-hybridized carbons (Fsp3) is 0.562. The molecule has 1 atom stereocenters. The molecule has 0 bridgehead atoms. The zero-order valence-corrected chi connectivity index (χ0v) is 11.6. The summed E-state index contributed by atoms with van der Waals surface area (Å²) in [5, 5.41) is 9.48. The molecule has 1 aliphatic heterocycles. The zero-order valence-electron chi connectivity index (χ0n) is 11.6. The molecule has 1 aromatic carbocycles. The second-order valence-electron chi connectivity index (χ2n) is 5.33. The van der Waals surface area contributed by atoms with Gasteiger partial charge in [-0.1, -0.05) is 37.3 Å². The van der Waals surface area contributed by atoms with Crippen LogP contribution in [0.15, 0.2) is 30.3 Å². The van der Waals surface area contributed by atoms with Crippen molar-refractivity contribution in [2.75, 3.05) is 13.1 Å². The van der Waals surface area contributed by atoms with E-state index in [4.69, 9.17) is 0 Å². The summed E-state index contributed by atoms with van der Waals surface area (Å²) in [6.07, 6.45) is 2.77. The summed E-state index contributed by atoms with van der Waals surface area (Å²) in [5.74, 6) is 0.531. The van der Waals surface area contributed by atoms with Crippen LogP contribution in [0.3, 0.4) is 0 Å². The van der Waals surface area contributed by atoms with Crippen LogP contribution in [0.2, 0.25) is 0 Å². The summed E-state index contributed by atoms with van der Waals surface area (Å²) in [6.45, 7) is 3.53. The molecule has 1 aromatic rings. The molecule has 1 amide bonds. The van der Waals surface area contributed by atoms with E-state index in [0.29, 0.717) is 38.3 Å². The predicted molar refractivity (Wildman–Crippen MR) is 75.9 cm³/mol. The average molecular weight is 261 g/mol. The first kappa shape index (κ1) is 14.1. The van der Waals surface area contributed by atoms with Gasteiger partial charge in [-0.3, -0.25) is 4.79 Å². The van der Waals surface area contributed by atoms with Gasteiger partial charge in [-0.2, -0.15) is 0 Å². The molecular formula is C16H23NO2.